The van der Waals surface area contributed by atoms with Crippen LogP contribution in [-0.2, 0) is 16.1 Å². The fourth-order valence-electron chi connectivity index (χ4n) is 1.09. The maximum atomic E-state index is 11.4. The maximum Gasteiger partial charge on any atom is 0.242 e. The van der Waals surface area contributed by atoms with Crippen LogP contribution in [0.1, 0.15) is 13.3 Å². The lowest BCUT2D eigenvalue weighted by atomic mass is 10.4. The summed E-state index contributed by atoms with van der Waals surface area (Å²) in [7, 11) is 0. The molecule has 0 aliphatic carbocycles. The van der Waals surface area contributed by atoms with E-state index in [1.807, 2.05) is 6.92 Å². The highest BCUT2D eigenvalue weighted by molar-refractivity contribution is 5.84. The molecule has 4 N–H and O–H groups in total. The van der Waals surface area contributed by atoms with Crippen LogP contribution in [0.3, 0.4) is 0 Å². The first kappa shape index (κ1) is 12.9. The zero-order valence-corrected chi connectivity index (χ0v) is 9.64. The predicted molar refractivity (Wildman–Crippen MR) is 60.7 cm³/mol. The largest absolute Gasteiger partial charge is 0.367 e. The van der Waals surface area contributed by atoms with Crippen molar-refractivity contribution in [2.24, 2.45) is 0 Å². The lowest BCUT2D eigenvalue weighted by Crippen LogP contribution is -2.38. The molecule has 0 spiro atoms. The molecule has 1 rings (SSSR count). The molecule has 8 heteroatoms. The summed E-state index contributed by atoms with van der Waals surface area (Å²) in [5.74, 6) is -0.418. The Balaban J connectivity index is 2.23. The minimum absolute atomic E-state index is 0.00867. The Morgan fingerprint density at radius 3 is 2.76 bits per heavy atom. The van der Waals surface area contributed by atoms with Gasteiger partial charge in [-0.25, -0.2) is 9.67 Å². The van der Waals surface area contributed by atoms with Gasteiger partial charge in [-0.2, -0.15) is 0 Å². The number of aromatic nitrogens is 3. The van der Waals surface area contributed by atoms with Crippen LogP contribution in [0.15, 0.2) is 6.33 Å². The van der Waals surface area contributed by atoms with Gasteiger partial charge >= 0.3 is 0 Å². The quantitative estimate of drug-likeness (QED) is 0.560. The van der Waals surface area contributed by atoms with E-state index in [-0.39, 0.29) is 30.9 Å². The van der Waals surface area contributed by atoms with Crippen LogP contribution in [0.5, 0.6) is 0 Å². The highest BCUT2D eigenvalue weighted by Crippen LogP contribution is 1.88. The van der Waals surface area contributed by atoms with Gasteiger partial charge in [0, 0.05) is 6.54 Å². The fourth-order valence-corrected chi connectivity index (χ4v) is 1.09. The van der Waals surface area contributed by atoms with E-state index < -0.39 is 0 Å². The molecule has 0 fully saturated rings. The Bertz CT molecular complexity index is 389. The third-order valence-corrected chi connectivity index (χ3v) is 1.88. The van der Waals surface area contributed by atoms with Gasteiger partial charge in [-0.1, -0.05) is 6.92 Å². The molecule has 0 unspecified atom stereocenters. The van der Waals surface area contributed by atoms with Gasteiger partial charge < -0.3 is 16.4 Å². The van der Waals surface area contributed by atoms with Crippen molar-refractivity contribution in [2.75, 3.05) is 18.8 Å². The molecule has 0 aliphatic heterocycles. The number of anilines is 1. The van der Waals surface area contributed by atoms with Gasteiger partial charge in [-0.15, -0.1) is 5.10 Å². The average molecular weight is 240 g/mol. The Morgan fingerprint density at radius 1 is 1.41 bits per heavy atom. The SMILES string of the molecule is CCCNC(=O)CNC(=O)Cn1cnc(N)n1. The molecule has 1 aromatic rings. The number of nitrogens with one attached hydrogen (secondary N) is 2. The van der Waals surface area contributed by atoms with Crippen molar-refractivity contribution in [2.45, 2.75) is 19.9 Å². The van der Waals surface area contributed by atoms with Crippen LogP contribution in [0, 0.1) is 0 Å². The van der Waals surface area contributed by atoms with E-state index in [0.29, 0.717) is 6.54 Å². The number of nitrogens with zero attached hydrogens (tertiary/aromatic N) is 3. The standard InChI is InChI=1S/C9H16N6O2/c1-2-3-11-7(16)4-12-8(17)5-15-6-13-9(10)14-15/h6H,2-5H2,1H3,(H2,10,14)(H,11,16)(H,12,17). The molecule has 0 aromatic carbocycles. The van der Waals surface area contributed by atoms with Gasteiger partial charge in [0.15, 0.2) is 0 Å². The summed E-state index contributed by atoms with van der Waals surface area (Å²) in [6.07, 6.45) is 2.21. The minimum atomic E-state index is -0.318. The summed E-state index contributed by atoms with van der Waals surface area (Å²) < 4.78 is 1.30. The highest BCUT2D eigenvalue weighted by Gasteiger charge is 2.06. The third-order valence-electron chi connectivity index (χ3n) is 1.88. The van der Waals surface area contributed by atoms with Crippen LogP contribution in [-0.4, -0.2) is 39.7 Å². The zero-order valence-electron chi connectivity index (χ0n) is 9.64. The van der Waals surface area contributed by atoms with Crippen molar-refractivity contribution in [1.29, 1.82) is 0 Å². The fraction of sp³-hybridized carbons (Fsp3) is 0.556. The minimum Gasteiger partial charge on any atom is -0.367 e. The van der Waals surface area contributed by atoms with Crippen molar-refractivity contribution in [1.82, 2.24) is 25.4 Å². The molecular weight excluding hydrogens is 224 g/mol. The zero-order chi connectivity index (χ0) is 12.7. The molecule has 17 heavy (non-hydrogen) atoms. The second-order valence-corrected chi connectivity index (χ2v) is 3.43. The average Bonchev–Trinajstić information content (AvgIpc) is 2.69. The van der Waals surface area contributed by atoms with E-state index in [9.17, 15) is 9.59 Å². The van der Waals surface area contributed by atoms with Crippen LogP contribution >= 0.6 is 0 Å². The van der Waals surface area contributed by atoms with Crippen molar-refractivity contribution < 1.29 is 9.59 Å². The Kier molecular flexibility index (Phi) is 4.92. The summed E-state index contributed by atoms with van der Waals surface area (Å²) in [5.41, 5.74) is 5.29. The maximum absolute atomic E-state index is 11.4. The molecule has 0 saturated carbocycles. The molecule has 2 amide bonds. The van der Waals surface area contributed by atoms with Gasteiger partial charge in [-0.05, 0) is 6.42 Å². The van der Waals surface area contributed by atoms with Crippen molar-refractivity contribution in [3.8, 4) is 0 Å². The Labute approximate surface area is 98.6 Å². The third kappa shape index (κ3) is 4.96. The van der Waals surface area contributed by atoms with Gasteiger partial charge in [0.25, 0.3) is 0 Å². The molecule has 0 radical (unpaired) electrons. The number of hydrogen-bond donors (Lipinski definition) is 3. The summed E-state index contributed by atoms with van der Waals surface area (Å²) >= 11 is 0. The van der Waals surface area contributed by atoms with Crippen molar-refractivity contribution in [3.05, 3.63) is 6.33 Å². The van der Waals surface area contributed by atoms with Gasteiger partial charge in [0.05, 0.1) is 6.54 Å². The number of rotatable bonds is 6. The van der Waals surface area contributed by atoms with Gasteiger partial charge in [0.1, 0.15) is 12.9 Å². The van der Waals surface area contributed by atoms with Crippen molar-refractivity contribution in [3.63, 3.8) is 0 Å². The van der Waals surface area contributed by atoms with Gasteiger partial charge in [-0.3, -0.25) is 9.59 Å². The summed E-state index contributed by atoms with van der Waals surface area (Å²) in [5, 5.41) is 8.87. The first-order chi connectivity index (χ1) is 8.11. The topological polar surface area (TPSA) is 115 Å². The van der Waals surface area contributed by atoms with Crippen molar-refractivity contribution >= 4 is 17.8 Å². The lowest BCUT2D eigenvalue weighted by molar-refractivity contribution is -0.126. The van der Waals surface area contributed by atoms with Crippen LogP contribution in [0.4, 0.5) is 5.95 Å². The van der Waals surface area contributed by atoms with Crippen LogP contribution < -0.4 is 16.4 Å². The van der Waals surface area contributed by atoms with E-state index in [0.717, 1.165) is 6.42 Å². The molecule has 8 nitrogen and oxygen atoms in total. The summed E-state index contributed by atoms with van der Waals surface area (Å²) in [6, 6.07) is 0. The smallest absolute Gasteiger partial charge is 0.242 e. The first-order valence-electron chi connectivity index (χ1n) is 5.30. The van der Waals surface area contributed by atoms with E-state index in [1.165, 1.54) is 11.0 Å². The number of carbonyl (C=O) groups is 2. The summed E-state index contributed by atoms with van der Waals surface area (Å²) in [4.78, 5) is 26.2. The number of nitrogen functional groups attached to an aromatic ring is 1. The predicted octanol–water partition coefficient (Wildman–Crippen LogP) is -1.50. The summed E-state index contributed by atoms with van der Waals surface area (Å²) in [6.45, 7) is 2.51. The van der Waals surface area contributed by atoms with Crippen LogP contribution in [0.2, 0.25) is 0 Å². The van der Waals surface area contributed by atoms with E-state index in [4.69, 9.17) is 5.73 Å². The molecule has 0 aliphatic rings. The highest BCUT2D eigenvalue weighted by atomic mass is 16.2. The van der Waals surface area contributed by atoms with Gasteiger partial charge in [0.2, 0.25) is 17.8 Å². The number of carbonyl (C=O) groups excluding carboxylic acids is 2. The Hall–Kier alpha value is -2.12. The first-order valence-corrected chi connectivity index (χ1v) is 5.30. The van der Waals surface area contributed by atoms with E-state index in [2.05, 4.69) is 20.7 Å². The molecular formula is C9H16N6O2. The normalized spacial score (nSPS) is 9.94. The molecule has 0 saturated heterocycles. The van der Waals surface area contributed by atoms with E-state index in [1.54, 1.807) is 0 Å². The second-order valence-electron chi connectivity index (χ2n) is 3.43. The molecule has 94 valence electrons. The number of nitrogens with two attached hydrogens (primary N) is 1. The molecule has 1 heterocycles. The van der Waals surface area contributed by atoms with Crippen LogP contribution in [0.25, 0.3) is 0 Å². The number of amides is 2. The second kappa shape index (κ2) is 6.46. The lowest BCUT2D eigenvalue weighted by Gasteiger charge is -2.05. The number of hydrogen-bond acceptors (Lipinski definition) is 5. The van der Waals surface area contributed by atoms with E-state index >= 15 is 0 Å². The molecule has 0 atom stereocenters. The molecule has 1 aromatic heterocycles. The molecule has 0 bridgehead atoms. The Morgan fingerprint density at radius 2 is 2.18 bits per heavy atom. The monoisotopic (exact) mass is 240 g/mol.